The summed E-state index contributed by atoms with van der Waals surface area (Å²) < 4.78 is 5.54. The molecule has 1 nitrogen and oxygen atoms in total. The van der Waals surface area contributed by atoms with Gasteiger partial charge in [-0.2, -0.15) is 0 Å². The van der Waals surface area contributed by atoms with Gasteiger partial charge in [0.15, 0.2) is 0 Å². The van der Waals surface area contributed by atoms with Gasteiger partial charge in [-0.05, 0) is 26.2 Å². The molecular weight excluding hydrogens is 136 g/mol. The van der Waals surface area contributed by atoms with Crippen LogP contribution in [0.15, 0.2) is 12.7 Å². The van der Waals surface area contributed by atoms with E-state index in [2.05, 4.69) is 20.4 Å². The summed E-state index contributed by atoms with van der Waals surface area (Å²) in [6.07, 6.45) is 7.02. The molecule has 0 aromatic carbocycles. The van der Waals surface area contributed by atoms with Gasteiger partial charge in [0.1, 0.15) is 0 Å². The summed E-state index contributed by atoms with van der Waals surface area (Å²) in [7, 11) is 0. The number of rotatable bonds is 7. The van der Waals surface area contributed by atoms with Gasteiger partial charge in [-0.25, -0.2) is 0 Å². The van der Waals surface area contributed by atoms with Crippen molar-refractivity contribution < 1.29 is 4.74 Å². The lowest BCUT2D eigenvalue weighted by Gasteiger charge is -2.14. The molecule has 0 saturated heterocycles. The molecule has 0 aliphatic rings. The Labute approximate surface area is 70.4 Å². The zero-order chi connectivity index (χ0) is 8.53. The van der Waals surface area contributed by atoms with Crippen molar-refractivity contribution in [2.75, 3.05) is 6.61 Å². The average molecular weight is 156 g/mol. The molecule has 0 bridgehead atoms. The van der Waals surface area contributed by atoms with E-state index in [0.29, 0.717) is 6.10 Å². The zero-order valence-electron chi connectivity index (χ0n) is 7.81. The van der Waals surface area contributed by atoms with Crippen LogP contribution in [0.2, 0.25) is 0 Å². The first kappa shape index (κ1) is 10.7. The molecule has 0 rings (SSSR count). The van der Waals surface area contributed by atoms with E-state index in [0.717, 1.165) is 19.4 Å². The molecule has 66 valence electrons. The fourth-order valence-corrected chi connectivity index (χ4v) is 1.17. The van der Waals surface area contributed by atoms with Crippen molar-refractivity contribution in [3.8, 4) is 0 Å². The second-order valence-corrected chi connectivity index (χ2v) is 2.73. The Morgan fingerprint density at radius 1 is 1.36 bits per heavy atom. The Morgan fingerprint density at radius 2 is 2.09 bits per heavy atom. The first-order valence-corrected chi connectivity index (χ1v) is 4.57. The van der Waals surface area contributed by atoms with Crippen LogP contribution in [0, 0.1) is 0 Å². The Balaban J connectivity index is 3.41. The highest BCUT2D eigenvalue weighted by Gasteiger charge is 2.04. The highest BCUT2D eigenvalue weighted by Crippen LogP contribution is 2.09. The maximum absolute atomic E-state index is 5.54. The monoisotopic (exact) mass is 156 g/mol. The SMILES string of the molecule is C=CCCC(CCC)OCC. The molecule has 0 heterocycles. The summed E-state index contributed by atoms with van der Waals surface area (Å²) in [5, 5.41) is 0. The molecule has 0 radical (unpaired) electrons. The van der Waals surface area contributed by atoms with E-state index in [-0.39, 0.29) is 0 Å². The molecule has 0 aromatic rings. The maximum Gasteiger partial charge on any atom is 0.0577 e. The first-order valence-electron chi connectivity index (χ1n) is 4.57. The van der Waals surface area contributed by atoms with Crippen LogP contribution in [0.1, 0.15) is 39.5 Å². The molecule has 1 atom stereocenters. The van der Waals surface area contributed by atoms with E-state index in [1.807, 2.05) is 6.08 Å². The molecule has 0 amide bonds. The van der Waals surface area contributed by atoms with E-state index in [1.165, 1.54) is 12.8 Å². The van der Waals surface area contributed by atoms with Gasteiger partial charge < -0.3 is 4.74 Å². The van der Waals surface area contributed by atoms with Crippen LogP contribution in [0.5, 0.6) is 0 Å². The smallest absolute Gasteiger partial charge is 0.0577 e. The van der Waals surface area contributed by atoms with Crippen molar-refractivity contribution in [3.05, 3.63) is 12.7 Å². The third-order valence-electron chi connectivity index (χ3n) is 1.71. The van der Waals surface area contributed by atoms with Crippen LogP contribution >= 0.6 is 0 Å². The highest BCUT2D eigenvalue weighted by molar-refractivity contribution is 4.69. The van der Waals surface area contributed by atoms with E-state index >= 15 is 0 Å². The highest BCUT2D eigenvalue weighted by atomic mass is 16.5. The van der Waals surface area contributed by atoms with Gasteiger partial charge >= 0.3 is 0 Å². The molecule has 0 aromatic heterocycles. The van der Waals surface area contributed by atoms with Crippen LogP contribution in [0.3, 0.4) is 0 Å². The molecular formula is C10H20O. The largest absolute Gasteiger partial charge is 0.378 e. The van der Waals surface area contributed by atoms with Gasteiger partial charge in [0.25, 0.3) is 0 Å². The van der Waals surface area contributed by atoms with E-state index in [1.54, 1.807) is 0 Å². The van der Waals surface area contributed by atoms with Gasteiger partial charge in [0.2, 0.25) is 0 Å². The number of hydrogen-bond acceptors (Lipinski definition) is 1. The summed E-state index contributed by atoms with van der Waals surface area (Å²) >= 11 is 0. The summed E-state index contributed by atoms with van der Waals surface area (Å²) in [6, 6.07) is 0. The Morgan fingerprint density at radius 3 is 2.55 bits per heavy atom. The Kier molecular flexibility index (Phi) is 7.59. The summed E-state index contributed by atoms with van der Waals surface area (Å²) in [6.45, 7) is 8.78. The fourth-order valence-electron chi connectivity index (χ4n) is 1.17. The standard InChI is InChI=1S/C10H20O/c1-4-7-9-10(8-5-2)11-6-3/h4,10H,1,5-9H2,2-3H3. The summed E-state index contributed by atoms with van der Waals surface area (Å²) in [4.78, 5) is 0. The van der Waals surface area contributed by atoms with Crippen molar-refractivity contribution in [1.29, 1.82) is 0 Å². The predicted molar refractivity (Wildman–Crippen MR) is 49.8 cm³/mol. The molecule has 0 aliphatic carbocycles. The van der Waals surface area contributed by atoms with Gasteiger partial charge in [0.05, 0.1) is 6.10 Å². The molecule has 0 N–H and O–H groups in total. The molecule has 0 aliphatic heterocycles. The maximum atomic E-state index is 5.54. The zero-order valence-corrected chi connectivity index (χ0v) is 7.81. The second-order valence-electron chi connectivity index (χ2n) is 2.73. The third kappa shape index (κ3) is 6.11. The summed E-state index contributed by atoms with van der Waals surface area (Å²) in [5.74, 6) is 0. The molecule has 11 heavy (non-hydrogen) atoms. The quantitative estimate of drug-likeness (QED) is 0.514. The lowest BCUT2D eigenvalue weighted by atomic mass is 10.1. The molecule has 0 spiro atoms. The molecule has 0 fully saturated rings. The second kappa shape index (κ2) is 7.80. The lowest BCUT2D eigenvalue weighted by molar-refractivity contribution is 0.0510. The van der Waals surface area contributed by atoms with Crippen LogP contribution in [-0.2, 0) is 4.74 Å². The van der Waals surface area contributed by atoms with Crippen molar-refractivity contribution >= 4 is 0 Å². The van der Waals surface area contributed by atoms with E-state index in [4.69, 9.17) is 4.74 Å². The molecule has 0 saturated carbocycles. The Bertz CT molecular complexity index is 82.9. The third-order valence-corrected chi connectivity index (χ3v) is 1.71. The van der Waals surface area contributed by atoms with Crippen LogP contribution < -0.4 is 0 Å². The number of allylic oxidation sites excluding steroid dienone is 1. The molecule has 1 unspecified atom stereocenters. The summed E-state index contributed by atoms with van der Waals surface area (Å²) in [5.41, 5.74) is 0. The lowest BCUT2D eigenvalue weighted by Crippen LogP contribution is -2.11. The first-order chi connectivity index (χ1) is 5.35. The van der Waals surface area contributed by atoms with Crippen molar-refractivity contribution in [1.82, 2.24) is 0 Å². The minimum absolute atomic E-state index is 0.461. The van der Waals surface area contributed by atoms with Crippen LogP contribution in [0.25, 0.3) is 0 Å². The van der Waals surface area contributed by atoms with Crippen molar-refractivity contribution in [3.63, 3.8) is 0 Å². The van der Waals surface area contributed by atoms with Gasteiger partial charge in [0, 0.05) is 6.61 Å². The molecule has 1 heteroatoms. The van der Waals surface area contributed by atoms with E-state index < -0.39 is 0 Å². The fraction of sp³-hybridized carbons (Fsp3) is 0.800. The minimum atomic E-state index is 0.461. The van der Waals surface area contributed by atoms with Gasteiger partial charge in [-0.3, -0.25) is 0 Å². The average Bonchev–Trinajstić information content (AvgIpc) is 2.01. The van der Waals surface area contributed by atoms with Gasteiger partial charge in [-0.15, -0.1) is 6.58 Å². The van der Waals surface area contributed by atoms with Gasteiger partial charge in [-0.1, -0.05) is 19.4 Å². The van der Waals surface area contributed by atoms with Crippen LogP contribution in [-0.4, -0.2) is 12.7 Å². The minimum Gasteiger partial charge on any atom is -0.378 e. The van der Waals surface area contributed by atoms with Crippen LogP contribution in [0.4, 0.5) is 0 Å². The number of ether oxygens (including phenoxy) is 1. The predicted octanol–water partition coefficient (Wildman–Crippen LogP) is 3.16. The van der Waals surface area contributed by atoms with Crippen molar-refractivity contribution in [2.24, 2.45) is 0 Å². The Hall–Kier alpha value is -0.300. The normalized spacial score (nSPS) is 12.9. The van der Waals surface area contributed by atoms with E-state index in [9.17, 15) is 0 Å². The number of hydrogen-bond donors (Lipinski definition) is 0. The topological polar surface area (TPSA) is 9.23 Å². The van der Waals surface area contributed by atoms with Crippen molar-refractivity contribution in [2.45, 2.75) is 45.6 Å².